The van der Waals surface area contributed by atoms with Gasteiger partial charge in [-0.3, -0.25) is 4.79 Å². The first-order valence-corrected chi connectivity index (χ1v) is 13.1. The third kappa shape index (κ3) is 5.67. The van der Waals surface area contributed by atoms with Gasteiger partial charge >= 0.3 is 5.97 Å². The maximum Gasteiger partial charge on any atom is 0.304 e. The van der Waals surface area contributed by atoms with E-state index < -0.39 is 12.1 Å². The number of rotatable bonds is 11. The summed E-state index contributed by atoms with van der Waals surface area (Å²) in [5.74, 6) is -0.115. The molecule has 1 saturated carbocycles. The van der Waals surface area contributed by atoms with Gasteiger partial charge in [0, 0.05) is 11.0 Å². The molecule has 1 unspecified atom stereocenters. The fourth-order valence-corrected chi connectivity index (χ4v) is 5.27. The molecule has 0 amide bonds. The maximum atomic E-state index is 11.2. The van der Waals surface area contributed by atoms with Crippen molar-refractivity contribution in [1.82, 2.24) is 5.16 Å². The van der Waals surface area contributed by atoms with Gasteiger partial charge in [-0.15, -0.1) is 0 Å². The Kier molecular flexibility index (Phi) is 7.24. The average molecular weight is 496 g/mol. The Morgan fingerprint density at radius 3 is 2.16 bits per heavy atom. The number of aromatic nitrogens is 1. The largest absolute Gasteiger partial charge is 0.481 e. The number of hydrogen-bond donors (Lipinski definition) is 2. The van der Waals surface area contributed by atoms with Crippen LogP contribution in [0.4, 0.5) is 0 Å². The third-order valence-electron chi connectivity index (χ3n) is 7.60. The lowest BCUT2D eigenvalue weighted by Gasteiger charge is -2.14. The summed E-state index contributed by atoms with van der Waals surface area (Å²) in [6.07, 6.45) is 5.05. The van der Waals surface area contributed by atoms with Gasteiger partial charge < -0.3 is 14.7 Å². The molecule has 0 saturated heterocycles. The molecule has 1 atom stereocenters. The van der Waals surface area contributed by atoms with Crippen LogP contribution < -0.4 is 0 Å². The van der Waals surface area contributed by atoms with E-state index in [1.807, 2.05) is 37.3 Å². The molecule has 190 valence electrons. The predicted molar refractivity (Wildman–Crippen MR) is 144 cm³/mol. The van der Waals surface area contributed by atoms with Gasteiger partial charge in [-0.05, 0) is 61.3 Å². The van der Waals surface area contributed by atoms with Gasteiger partial charge in [0.15, 0.2) is 5.76 Å². The molecule has 5 rings (SSSR count). The van der Waals surface area contributed by atoms with Crippen LogP contribution in [0.5, 0.6) is 0 Å². The lowest BCUT2D eigenvalue weighted by molar-refractivity contribution is -0.137. The third-order valence-corrected chi connectivity index (χ3v) is 7.60. The number of aryl methyl sites for hydroxylation is 2. The van der Waals surface area contributed by atoms with Crippen LogP contribution in [0.25, 0.3) is 22.5 Å². The molecule has 2 N–H and O–H groups in total. The van der Waals surface area contributed by atoms with E-state index in [2.05, 4.69) is 53.7 Å². The second kappa shape index (κ2) is 10.7. The molecular weight excluding hydrogens is 462 g/mol. The minimum Gasteiger partial charge on any atom is -0.481 e. The minimum absolute atomic E-state index is 0.183. The monoisotopic (exact) mass is 495 g/mol. The predicted octanol–water partition coefficient (Wildman–Crippen LogP) is 7.27. The number of carboxylic acid groups (broad SMARTS) is 1. The SMILES string of the molecule is Cc1noc(-c2ccc(-c3ccc(C4(CC(=O)O)CC4)cc3)cc2)c1C(O)CCCCc1ccccc1. The van der Waals surface area contributed by atoms with E-state index in [0.717, 1.165) is 65.6 Å². The minimum atomic E-state index is -0.739. The van der Waals surface area contributed by atoms with Crippen LogP contribution in [0.1, 0.15) is 67.0 Å². The van der Waals surface area contributed by atoms with E-state index in [-0.39, 0.29) is 11.8 Å². The number of aliphatic hydroxyl groups is 1. The molecule has 37 heavy (non-hydrogen) atoms. The molecule has 0 bridgehead atoms. The fourth-order valence-electron chi connectivity index (χ4n) is 5.27. The van der Waals surface area contributed by atoms with Crippen LogP contribution in [0.2, 0.25) is 0 Å². The van der Waals surface area contributed by atoms with Gasteiger partial charge in [0.1, 0.15) is 0 Å². The lowest BCUT2D eigenvalue weighted by Crippen LogP contribution is -2.12. The number of aliphatic carboxylic acids is 1. The van der Waals surface area contributed by atoms with Crippen LogP contribution in [-0.4, -0.2) is 21.3 Å². The summed E-state index contributed by atoms with van der Waals surface area (Å²) in [7, 11) is 0. The highest BCUT2D eigenvalue weighted by Gasteiger charge is 2.45. The van der Waals surface area contributed by atoms with Crippen molar-refractivity contribution in [3.63, 3.8) is 0 Å². The molecule has 4 aromatic rings. The summed E-state index contributed by atoms with van der Waals surface area (Å²) in [5, 5.41) is 24.4. The van der Waals surface area contributed by atoms with Crippen molar-refractivity contribution in [3.8, 4) is 22.5 Å². The zero-order chi connectivity index (χ0) is 25.8. The molecule has 1 aliphatic rings. The highest BCUT2D eigenvalue weighted by molar-refractivity contribution is 5.72. The van der Waals surface area contributed by atoms with Crippen molar-refractivity contribution in [2.45, 2.75) is 63.4 Å². The molecular formula is C32H33NO4. The summed E-state index contributed by atoms with van der Waals surface area (Å²) in [6, 6.07) is 26.8. The Morgan fingerprint density at radius 2 is 1.54 bits per heavy atom. The summed E-state index contributed by atoms with van der Waals surface area (Å²) in [5.41, 5.74) is 6.77. The zero-order valence-electron chi connectivity index (χ0n) is 21.2. The van der Waals surface area contributed by atoms with Crippen LogP contribution in [-0.2, 0) is 16.6 Å². The van der Waals surface area contributed by atoms with Gasteiger partial charge in [0.2, 0.25) is 0 Å². The van der Waals surface area contributed by atoms with Gasteiger partial charge in [-0.2, -0.15) is 0 Å². The van der Waals surface area contributed by atoms with Gasteiger partial charge in [-0.25, -0.2) is 0 Å². The highest BCUT2D eigenvalue weighted by atomic mass is 16.5. The topological polar surface area (TPSA) is 83.6 Å². The van der Waals surface area contributed by atoms with E-state index in [9.17, 15) is 15.0 Å². The molecule has 1 aromatic heterocycles. The van der Waals surface area contributed by atoms with E-state index >= 15 is 0 Å². The van der Waals surface area contributed by atoms with E-state index in [0.29, 0.717) is 12.2 Å². The fraction of sp³-hybridized carbons (Fsp3) is 0.312. The quantitative estimate of drug-likeness (QED) is 0.214. The molecule has 1 heterocycles. The molecule has 5 nitrogen and oxygen atoms in total. The Labute approximate surface area is 217 Å². The van der Waals surface area contributed by atoms with Crippen molar-refractivity contribution < 1.29 is 19.5 Å². The standard InChI is InChI=1S/C32H33NO4/c1-22-30(28(34)10-6-5-9-23-7-3-2-4-8-23)31(37-33-22)26-13-11-24(12-14-26)25-15-17-27(18-16-25)32(19-20-32)21-29(35)36/h2-4,7-8,11-18,28,34H,5-6,9-10,19-21H2,1H3,(H,35,36). The van der Waals surface area contributed by atoms with Crippen molar-refractivity contribution in [2.75, 3.05) is 0 Å². The second-order valence-electron chi connectivity index (χ2n) is 10.3. The number of carboxylic acids is 1. The first-order chi connectivity index (χ1) is 17.9. The number of aliphatic hydroxyl groups excluding tert-OH is 1. The van der Waals surface area contributed by atoms with Crippen LogP contribution in [0.3, 0.4) is 0 Å². The normalized spacial score (nSPS) is 14.9. The van der Waals surface area contributed by atoms with Crippen molar-refractivity contribution in [3.05, 3.63) is 101 Å². The van der Waals surface area contributed by atoms with Crippen molar-refractivity contribution in [1.29, 1.82) is 0 Å². The summed E-state index contributed by atoms with van der Waals surface area (Å²) >= 11 is 0. The highest BCUT2D eigenvalue weighted by Crippen LogP contribution is 2.51. The first-order valence-electron chi connectivity index (χ1n) is 13.1. The van der Waals surface area contributed by atoms with Crippen molar-refractivity contribution in [2.24, 2.45) is 0 Å². The number of hydrogen-bond acceptors (Lipinski definition) is 4. The first kappa shape index (κ1) is 25.0. The van der Waals surface area contributed by atoms with E-state index in [1.54, 1.807) is 0 Å². The molecule has 1 fully saturated rings. The second-order valence-corrected chi connectivity index (χ2v) is 10.3. The van der Waals surface area contributed by atoms with Crippen LogP contribution in [0.15, 0.2) is 83.4 Å². The Balaban J connectivity index is 1.24. The Hall–Kier alpha value is -3.70. The summed E-state index contributed by atoms with van der Waals surface area (Å²) < 4.78 is 5.66. The van der Waals surface area contributed by atoms with Crippen LogP contribution >= 0.6 is 0 Å². The summed E-state index contributed by atoms with van der Waals surface area (Å²) in [4.78, 5) is 11.2. The van der Waals surface area contributed by atoms with Crippen molar-refractivity contribution >= 4 is 5.97 Å². The zero-order valence-corrected chi connectivity index (χ0v) is 21.2. The van der Waals surface area contributed by atoms with E-state index in [1.165, 1.54) is 5.56 Å². The average Bonchev–Trinajstić information content (AvgIpc) is 3.58. The molecule has 5 heteroatoms. The maximum absolute atomic E-state index is 11.2. The molecule has 3 aromatic carbocycles. The number of nitrogens with zero attached hydrogens (tertiary/aromatic N) is 1. The Bertz CT molecular complexity index is 1340. The smallest absolute Gasteiger partial charge is 0.304 e. The number of benzene rings is 3. The van der Waals surface area contributed by atoms with Gasteiger partial charge in [0.05, 0.1) is 23.8 Å². The number of carbonyl (C=O) groups is 1. The molecule has 1 aliphatic carbocycles. The Morgan fingerprint density at radius 1 is 0.919 bits per heavy atom. The molecule has 0 radical (unpaired) electrons. The lowest BCUT2D eigenvalue weighted by atomic mass is 9.90. The van der Waals surface area contributed by atoms with Gasteiger partial charge in [0.25, 0.3) is 0 Å². The molecule has 0 aliphatic heterocycles. The summed E-state index contributed by atoms with van der Waals surface area (Å²) in [6.45, 7) is 1.88. The number of unbranched alkanes of at least 4 members (excludes halogenated alkanes) is 1. The van der Waals surface area contributed by atoms with E-state index in [4.69, 9.17) is 4.52 Å². The molecule has 0 spiro atoms. The van der Waals surface area contributed by atoms with Crippen LogP contribution in [0, 0.1) is 6.92 Å². The van der Waals surface area contributed by atoms with Gasteiger partial charge in [-0.1, -0.05) is 90.4 Å².